The summed E-state index contributed by atoms with van der Waals surface area (Å²) in [6, 6.07) is 1.58. The molecule has 1 aromatic heterocycles. The zero-order chi connectivity index (χ0) is 10.8. The van der Waals surface area contributed by atoms with E-state index in [9.17, 15) is 4.79 Å². The summed E-state index contributed by atoms with van der Waals surface area (Å²) in [6.07, 6.45) is 6.08. The number of rotatable bonds is 2. The minimum Gasteiger partial charge on any atom is -0.477 e. The van der Waals surface area contributed by atoms with Crippen LogP contribution in [0.4, 0.5) is 0 Å². The van der Waals surface area contributed by atoms with Crippen molar-refractivity contribution in [1.82, 2.24) is 0 Å². The predicted molar refractivity (Wildman–Crippen MR) is 62.1 cm³/mol. The van der Waals surface area contributed by atoms with E-state index >= 15 is 0 Å². The summed E-state index contributed by atoms with van der Waals surface area (Å²) in [6.45, 7) is 0. The van der Waals surface area contributed by atoms with Crippen molar-refractivity contribution in [2.75, 3.05) is 0 Å². The Morgan fingerprint density at radius 3 is 2.60 bits per heavy atom. The van der Waals surface area contributed by atoms with Gasteiger partial charge in [-0.25, -0.2) is 4.79 Å². The van der Waals surface area contributed by atoms with E-state index in [1.807, 2.05) is 0 Å². The number of carbonyl (C=O) groups is 1. The largest absolute Gasteiger partial charge is 0.477 e. The molecular weight excluding hydrogens is 232 g/mol. The van der Waals surface area contributed by atoms with Gasteiger partial charge in [-0.15, -0.1) is 11.3 Å². The summed E-state index contributed by atoms with van der Waals surface area (Å²) in [7, 11) is 0. The topological polar surface area (TPSA) is 37.3 Å². The Morgan fingerprint density at radius 2 is 2.07 bits per heavy atom. The van der Waals surface area contributed by atoms with Crippen LogP contribution in [-0.4, -0.2) is 11.1 Å². The molecule has 1 aromatic rings. The summed E-state index contributed by atoms with van der Waals surface area (Å²) >= 11 is 7.41. The van der Waals surface area contributed by atoms with Gasteiger partial charge in [-0.2, -0.15) is 0 Å². The van der Waals surface area contributed by atoms with Crippen LogP contribution in [0.2, 0.25) is 5.02 Å². The third-order valence-electron chi connectivity index (χ3n) is 2.90. The quantitative estimate of drug-likeness (QED) is 0.849. The first-order chi connectivity index (χ1) is 7.18. The Hall–Kier alpha value is -0.540. The molecule has 0 saturated heterocycles. The Labute approximate surface area is 97.9 Å². The molecule has 0 unspecified atom stereocenters. The number of thiophene rings is 1. The molecular formula is C11H13ClO2S. The smallest absolute Gasteiger partial charge is 0.345 e. The van der Waals surface area contributed by atoms with Gasteiger partial charge in [0.2, 0.25) is 0 Å². The average Bonchev–Trinajstić information content (AvgIpc) is 2.62. The first-order valence-corrected chi connectivity index (χ1v) is 6.40. The maximum absolute atomic E-state index is 10.8. The third kappa shape index (κ3) is 2.34. The van der Waals surface area contributed by atoms with Gasteiger partial charge in [-0.05, 0) is 24.8 Å². The van der Waals surface area contributed by atoms with Gasteiger partial charge in [-0.3, -0.25) is 0 Å². The SMILES string of the molecule is O=C(O)c1cc(Cl)c(C2CCCCC2)s1. The number of hydrogen-bond acceptors (Lipinski definition) is 2. The number of halogens is 1. The second-order valence-corrected chi connectivity index (χ2v) is 5.45. The lowest BCUT2D eigenvalue weighted by Gasteiger charge is -2.20. The minimum absolute atomic E-state index is 0.362. The van der Waals surface area contributed by atoms with E-state index in [2.05, 4.69) is 0 Å². The molecule has 4 heteroatoms. The third-order valence-corrected chi connectivity index (χ3v) is 4.61. The molecule has 2 rings (SSSR count). The lowest BCUT2D eigenvalue weighted by molar-refractivity contribution is 0.0702. The van der Waals surface area contributed by atoms with Crippen LogP contribution in [-0.2, 0) is 0 Å². The van der Waals surface area contributed by atoms with Crippen molar-refractivity contribution in [3.63, 3.8) is 0 Å². The molecule has 0 bridgehead atoms. The molecule has 1 fully saturated rings. The molecule has 1 heterocycles. The lowest BCUT2D eigenvalue weighted by Crippen LogP contribution is -2.02. The van der Waals surface area contributed by atoms with Crippen molar-refractivity contribution in [3.05, 3.63) is 20.8 Å². The van der Waals surface area contributed by atoms with E-state index in [-0.39, 0.29) is 0 Å². The van der Waals surface area contributed by atoms with E-state index in [1.54, 1.807) is 6.07 Å². The summed E-state index contributed by atoms with van der Waals surface area (Å²) in [5.41, 5.74) is 0. The van der Waals surface area contributed by atoms with Gasteiger partial charge in [0.15, 0.2) is 0 Å². The first-order valence-electron chi connectivity index (χ1n) is 5.21. The number of carboxylic acid groups (broad SMARTS) is 1. The summed E-state index contributed by atoms with van der Waals surface area (Å²) < 4.78 is 0. The van der Waals surface area contributed by atoms with Crippen LogP contribution in [0, 0.1) is 0 Å². The van der Waals surface area contributed by atoms with E-state index in [0.717, 1.165) is 17.7 Å². The number of carboxylic acids is 1. The van der Waals surface area contributed by atoms with E-state index in [4.69, 9.17) is 16.7 Å². The molecule has 0 atom stereocenters. The average molecular weight is 245 g/mol. The van der Waals surface area contributed by atoms with Crippen molar-refractivity contribution in [2.45, 2.75) is 38.0 Å². The Kier molecular flexibility index (Phi) is 3.32. The second kappa shape index (κ2) is 4.54. The summed E-state index contributed by atoms with van der Waals surface area (Å²) in [5, 5.41) is 9.52. The standard InChI is InChI=1S/C11H13ClO2S/c12-8-6-9(11(13)14)15-10(8)7-4-2-1-3-5-7/h6-7H,1-5H2,(H,13,14). The van der Waals surface area contributed by atoms with Crippen LogP contribution >= 0.6 is 22.9 Å². The number of hydrogen-bond donors (Lipinski definition) is 1. The van der Waals surface area contributed by atoms with Crippen molar-refractivity contribution in [3.8, 4) is 0 Å². The van der Waals surface area contributed by atoms with Crippen molar-refractivity contribution in [1.29, 1.82) is 0 Å². The highest BCUT2D eigenvalue weighted by atomic mass is 35.5. The number of aromatic carboxylic acids is 1. The van der Waals surface area contributed by atoms with Gasteiger partial charge in [0.1, 0.15) is 4.88 Å². The molecule has 1 saturated carbocycles. The van der Waals surface area contributed by atoms with E-state index in [0.29, 0.717) is 15.8 Å². The molecule has 0 aliphatic heterocycles. The normalized spacial score (nSPS) is 17.9. The van der Waals surface area contributed by atoms with Crippen LogP contribution in [0.1, 0.15) is 52.6 Å². The zero-order valence-corrected chi connectivity index (χ0v) is 9.90. The fourth-order valence-electron chi connectivity index (χ4n) is 2.13. The molecule has 15 heavy (non-hydrogen) atoms. The highest BCUT2D eigenvalue weighted by Gasteiger charge is 2.22. The van der Waals surface area contributed by atoms with Crippen LogP contribution in [0.15, 0.2) is 6.07 Å². The van der Waals surface area contributed by atoms with E-state index < -0.39 is 5.97 Å². The molecule has 0 spiro atoms. The lowest BCUT2D eigenvalue weighted by atomic mass is 9.88. The Bertz CT molecular complexity index is 367. The molecule has 1 N–H and O–H groups in total. The van der Waals surface area contributed by atoms with Gasteiger partial charge in [0.05, 0.1) is 5.02 Å². The van der Waals surface area contributed by atoms with Gasteiger partial charge < -0.3 is 5.11 Å². The monoisotopic (exact) mass is 244 g/mol. The fourth-order valence-corrected chi connectivity index (χ4v) is 3.64. The van der Waals surface area contributed by atoms with Gasteiger partial charge in [0.25, 0.3) is 0 Å². The van der Waals surface area contributed by atoms with Crippen molar-refractivity contribution < 1.29 is 9.90 Å². The predicted octanol–water partition coefficient (Wildman–Crippen LogP) is 4.15. The summed E-state index contributed by atoms with van der Waals surface area (Å²) in [5.74, 6) is -0.381. The zero-order valence-electron chi connectivity index (χ0n) is 8.33. The highest BCUT2D eigenvalue weighted by molar-refractivity contribution is 7.14. The second-order valence-electron chi connectivity index (χ2n) is 3.96. The molecule has 2 nitrogen and oxygen atoms in total. The van der Waals surface area contributed by atoms with Crippen LogP contribution in [0.3, 0.4) is 0 Å². The van der Waals surface area contributed by atoms with Crippen LogP contribution in [0.5, 0.6) is 0 Å². The molecule has 0 radical (unpaired) electrons. The first kappa shape index (κ1) is 11.0. The summed E-state index contributed by atoms with van der Waals surface area (Å²) in [4.78, 5) is 12.2. The van der Waals surface area contributed by atoms with Crippen molar-refractivity contribution >= 4 is 28.9 Å². The maximum Gasteiger partial charge on any atom is 0.345 e. The Morgan fingerprint density at radius 1 is 1.40 bits per heavy atom. The molecule has 0 amide bonds. The minimum atomic E-state index is -0.871. The van der Waals surface area contributed by atoms with Gasteiger partial charge >= 0.3 is 5.97 Å². The maximum atomic E-state index is 10.8. The molecule has 0 aromatic carbocycles. The Balaban J connectivity index is 2.22. The van der Waals surface area contributed by atoms with Crippen molar-refractivity contribution in [2.24, 2.45) is 0 Å². The molecule has 1 aliphatic carbocycles. The van der Waals surface area contributed by atoms with Crippen LogP contribution in [0.25, 0.3) is 0 Å². The van der Waals surface area contributed by atoms with Crippen LogP contribution < -0.4 is 0 Å². The van der Waals surface area contributed by atoms with Gasteiger partial charge in [-0.1, -0.05) is 30.9 Å². The van der Waals surface area contributed by atoms with E-state index in [1.165, 1.54) is 30.6 Å². The highest BCUT2D eigenvalue weighted by Crippen LogP contribution is 2.40. The van der Waals surface area contributed by atoms with Gasteiger partial charge in [0, 0.05) is 4.88 Å². The molecule has 82 valence electrons. The molecule has 1 aliphatic rings. The fraction of sp³-hybridized carbons (Fsp3) is 0.545.